The second-order valence-corrected chi connectivity index (χ2v) is 4.11. The predicted molar refractivity (Wildman–Crippen MR) is 74.4 cm³/mol. The number of ether oxygens (including phenoxy) is 1. The zero-order valence-electron chi connectivity index (χ0n) is 11.2. The standard InChI is InChI=1S/C15H18N2O2/c1-3-19-14-7-4-13(5-8-14)6-9-15(18)17-11-12(2)10-16/h4-9,12H,3,11H2,1-2H3,(H,17,18)/b9-6+. The van der Waals surface area contributed by atoms with E-state index in [0.29, 0.717) is 13.2 Å². The van der Waals surface area contributed by atoms with Crippen molar-refractivity contribution >= 4 is 12.0 Å². The molecular weight excluding hydrogens is 240 g/mol. The third kappa shape index (κ3) is 5.73. The van der Waals surface area contributed by atoms with Crippen molar-refractivity contribution in [1.29, 1.82) is 5.26 Å². The molecule has 0 aliphatic heterocycles. The van der Waals surface area contributed by atoms with Gasteiger partial charge in [-0.1, -0.05) is 12.1 Å². The number of nitrogens with one attached hydrogen (secondary N) is 1. The molecule has 0 bridgehead atoms. The highest BCUT2D eigenvalue weighted by molar-refractivity contribution is 5.91. The lowest BCUT2D eigenvalue weighted by Gasteiger charge is -2.03. The molecule has 0 aromatic heterocycles. The quantitative estimate of drug-likeness (QED) is 0.797. The molecule has 1 amide bonds. The summed E-state index contributed by atoms with van der Waals surface area (Å²) in [6.45, 7) is 4.69. The first-order valence-corrected chi connectivity index (χ1v) is 6.24. The van der Waals surface area contributed by atoms with E-state index in [1.54, 1.807) is 13.0 Å². The van der Waals surface area contributed by atoms with Gasteiger partial charge in [0.15, 0.2) is 0 Å². The molecular formula is C15H18N2O2. The Balaban J connectivity index is 2.47. The summed E-state index contributed by atoms with van der Waals surface area (Å²) in [5.41, 5.74) is 0.923. The Morgan fingerprint density at radius 1 is 1.47 bits per heavy atom. The average Bonchev–Trinajstić information content (AvgIpc) is 2.44. The summed E-state index contributed by atoms with van der Waals surface area (Å²) < 4.78 is 5.33. The topological polar surface area (TPSA) is 62.1 Å². The van der Waals surface area contributed by atoms with Crippen molar-refractivity contribution in [2.75, 3.05) is 13.2 Å². The average molecular weight is 258 g/mol. The first-order chi connectivity index (χ1) is 9.15. The fraction of sp³-hybridized carbons (Fsp3) is 0.333. The normalized spacial score (nSPS) is 11.8. The van der Waals surface area contributed by atoms with Crippen molar-refractivity contribution < 1.29 is 9.53 Å². The molecule has 1 aromatic rings. The third-order valence-electron chi connectivity index (χ3n) is 2.42. The summed E-state index contributed by atoms with van der Waals surface area (Å²) in [6.07, 6.45) is 3.18. The zero-order valence-corrected chi connectivity index (χ0v) is 11.2. The van der Waals surface area contributed by atoms with Gasteiger partial charge in [0.25, 0.3) is 0 Å². The van der Waals surface area contributed by atoms with Crippen molar-refractivity contribution in [3.63, 3.8) is 0 Å². The molecule has 19 heavy (non-hydrogen) atoms. The van der Waals surface area contributed by atoms with Gasteiger partial charge in [0.2, 0.25) is 5.91 Å². The minimum atomic E-state index is -0.198. The van der Waals surface area contributed by atoms with Gasteiger partial charge >= 0.3 is 0 Å². The molecule has 1 atom stereocenters. The number of nitrogens with zero attached hydrogens (tertiary/aromatic N) is 1. The summed E-state index contributed by atoms with van der Waals surface area (Å²) >= 11 is 0. The van der Waals surface area contributed by atoms with Crippen molar-refractivity contribution in [3.05, 3.63) is 35.9 Å². The van der Waals surface area contributed by atoms with Crippen LogP contribution in [0, 0.1) is 17.2 Å². The summed E-state index contributed by atoms with van der Waals surface area (Å²) in [5.74, 6) is 0.436. The van der Waals surface area contributed by atoms with Crippen LogP contribution in [-0.2, 0) is 4.79 Å². The number of hydrogen-bond acceptors (Lipinski definition) is 3. The summed E-state index contributed by atoms with van der Waals surface area (Å²) in [7, 11) is 0. The Morgan fingerprint density at radius 3 is 2.74 bits per heavy atom. The Bertz CT molecular complexity index is 472. The highest BCUT2D eigenvalue weighted by Crippen LogP contribution is 2.12. The maximum Gasteiger partial charge on any atom is 0.244 e. The lowest BCUT2D eigenvalue weighted by molar-refractivity contribution is -0.116. The van der Waals surface area contributed by atoms with E-state index >= 15 is 0 Å². The van der Waals surface area contributed by atoms with Crippen molar-refractivity contribution in [2.24, 2.45) is 5.92 Å². The van der Waals surface area contributed by atoms with E-state index < -0.39 is 0 Å². The Hall–Kier alpha value is -2.28. The van der Waals surface area contributed by atoms with Crippen LogP contribution in [-0.4, -0.2) is 19.1 Å². The maximum atomic E-state index is 11.5. The van der Waals surface area contributed by atoms with Crippen LogP contribution in [0.5, 0.6) is 5.75 Å². The van der Waals surface area contributed by atoms with Gasteiger partial charge in [-0.25, -0.2) is 0 Å². The van der Waals surface area contributed by atoms with Gasteiger partial charge in [-0.15, -0.1) is 0 Å². The van der Waals surface area contributed by atoms with Gasteiger partial charge in [0, 0.05) is 12.6 Å². The van der Waals surface area contributed by atoms with Crippen molar-refractivity contribution in [1.82, 2.24) is 5.32 Å². The van der Waals surface area contributed by atoms with Gasteiger partial charge in [-0.3, -0.25) is 4.79 Å². The van der Waals surface area contributed by atoms with E-state index in [4.69, 9.17) is 10.00 Å². The van der Waals surface area contributed by atoms with Crippen LogP contribution in [0.15, 0.2) is 30.3 Å². The predicted octanol–water partition coefficient (Wildman–Crippen LogP) is 2.37. The lowest BCUT2D eigenvalue weighted by atomic mass is 10.2. The van der Waals surface area contributed by atoms with Crippen molar-refractivity contribution in [2.45, 2.75) is 13.8 Å². The summed E-state index contributed by atoms with van der Waals surface area (Å²) in [4.78, 5) is 11.5. The van der Waals surface area contributed by atoms with E-state index in [1.807, 2.05) is 31.2 Å². The fourth-order valence-corrected chi connectivity index (χ4v) is 1.37. The molecule has 0 saturated carbocycles. The molecule has 4 nitrogen and oxygen atoms in total. The van der Waals surface area contributed by atoms with E-state index in [9.17, 15) is 4.79 Å². The SMILES string of the molecule is CCOc1ccc(/C=C/C(=O)NCC(C)C#N)cc1. The molecule has 0 fully saturated rings. The largest absolute Gasteiger partial charge is 0.494 e. The molecule has 0 aliphatic rings. The third-order valence-corrected chi connectivity index (χ3v) is 2.42. The molecule has 0 spiro atoms. The van der Waals surface area contributed by atoms with E-state index in [2.05, 4.69) is 11.4 Å². The number of amides is 1. The number of carbonyl (C=O) groups is 1. The van der Waals surface area contributed by atoms with Gasteiger partial charge in [-0.05, 0) is 37.6 Å². The highest BCUT2D eigenvalue weighted by Gasteiger charge is 2.00. The first kappa shape index (κ1) is 14.8. The summed E-state index contributed by atoms with van der Waals surface area (Å²) in [6, 6.07) is 9.54. The second-order valence-electron chi connectivity index (χ2n) is 4.11. The van der Waals surface area contributed by atoms with E-state index in [1.165, 1.54) is 6.08 Å². The number of benzene rings is 1. The van der Waals surface area contributed by atoms with Gasteiger partial charge in [-0.2, -0.15) is 5.26 Å². The summed E-state index contributed by atoms with van der Waals surface area (Å²) in [5, 5.41) is 11.3. The van der Waals surface area contributed by atoms with Crippen LogP contribution in [0.2, 0.25) is 0 Å². The molecule has 1 N–H and O–H groups in total. The van der Waals surface area contributed by atoms with Crippen LogP contribution in [0.3, 0.4) is 0 Å². The van der Waals surface area contributed by atoms with E-state index in [0.717, 1.165) is 11.3 Å². The second kappa shape index (κ2) is 7.93. The Morgan fingerprint density at radius 2 is 2.16 bits per heavy atom. The van der Waals surface area contributed by atoms with Crippen LogP contribution in [0.1, 0.15) is 19.4 Å². The van der Waals surface area contributed by atoms with E-state index in [-0.39, 0.29) is 11.8 Å². The van der Waals surface area contributed by atoms with Crippen LogP contribution in [0.25, 0.3) is 6.08 Å². The molecule has 100 valence electrons. The number of hydrogen-bond donors (Lipinski definition) is 1. The van der Waals surface area contributed by atoms with Gasteiger partial charge < -0.3 is 10.1 Å². The monoisotopic (exact) mass is 258 g/mol. The molecule has 0 heterocycles. The minimum absolute atomic E-state index is 0.178. The van der Waals surface area contributed by atoms with Gasteiger partial charge in [0.1, 0.15) is 5.75 Å². The molecule has 0 aliphatic carbocycles. The molecule has 0 radical (unpaired) electrons. The smallest absolute Gasteiger partial charge is 0.244 e. The van der Waals surface area contributed by atoms with Crippen LogP contribution >= 0.6 is 0 Å². The number of carbonyl (C=O) groups excluding carboxylic acids is 1. The lowest BCUT2D eigenvalue weighted by Crippen LogP contribution is -2.25. The highest BCUT2D eigenvalue weighted by atomic mass is 16.5. The molecule has 0 saturated heterocycles. The molecule has 1 rings (SSSR count). The fourth-order valence-electron chi connectivity index (χ4n) is 1.37. The minimum Gasteiger partial charge on any atom is -0.494 e. The van der Waals surface area contributed by atoms with Crippen LogP contribution in [0.4, 0.5) is 0 Å². The van der Waals surface area contributed by atoms with Gasteiger partial charge in [0.05, 0.1) is 18.6 Å². The molecule has 1 unspecified atom stereocenters. The number of rotatable bonds is 6. The van der Waals surface area contributed by atoms with Crippen LogP contribution < -0.4 is 10.1 Å². The molecule has 1 aromatic carbocycles. The zero-order chi connectivity index (χ0) is 14.1. The Kier molecular flexibility index (Phi) is 6.17. The Labute approximate surface area is 113 Å². The maximum absolute atomic E-state index is 11.5. The first-order valence-electron chi connectivity index (χ1n) is 6.24. The number of nitriles is 1. The molecule has 4 heteroatoms. The van der Waals surface area contributed by atoms with Crippen molar-refractivity contribution in [3.8, 4) is 11.8 Å².